The predicted octanol–water partition coefficient (Wildman–Crippen LogP) is 14.3. The average molecular weight is 981 g/mol. The fourth-order valence-electron chi connectivity index (χ4n) is 6.73. The summed E-state index contributed by atoms with van der Waals surface area (Å²) in [4.78, 5) is 72.9. The van der Waals surface area contributed by atoms with Gasteiger partial charge in [0, 0.05) is 0 Å². The molecule has 0 aliphatic heterocycles. The molecule has 0 amide bonds. The third-order valence-electron chi connectivity index (χ3n) is 11.0. The molecular formula is C59H80O12. The molecule has 0 aromatic heterocycles. The summed E-state index contributed by atoms with van der Waals surface area (Å²) in [5.41, 5.74) is 2.48. The van der Waals surface area contributed by atoms with Crippen molar-refractivity contribution in [2.24, 2.45) is 0 Å². The Bertz CT molecular complexity index is 2020. The van der Waals surface area contributed by atoms with Crippen molar-refractivity contribution in [3.05, 3.63) is 142 Å². The summed E-state index contributed by atoms with van der Waals surface area (Å²) in [6, 6.07) is 29.3. The van der Waals surface area contributed by atoms with Gasteiger partial charge in [-0.2, -0.15) is 0 Å². The molecule has 0 aliphatic rings. The first-order valence-corrected chi connectivity index (χ1v) is 26.0. The van der Waals surface area contributed by atoms with Gasteiger partial charge >= 0.3 is 35.8 Å². The highest BCUT2D eigenvalue weighted by Gasteiger charge is 2.21. The molecule has 0 N–H and O–H groups in total. The summed E-state index contributed by atoms with van der Waals surface area (Å²) in [5, 5.41) is 0. The molecule has 0 saturated heterocycles. The fraction of sp³-hybridized carbons (Fsp3) is 0.492. The van der Waals surface area contributed by atoms with E-state index in [9.17, 15) is 28.8 Å². The van der Waals surface area contributed by atoms with E-state index in [1.165, 1.54) is 51.4 Å². The topological polar surface area (TPSA) is 158 Å². The smallest absolute Gasteiger partial charge is 0.339 e. The normalized spacial score (nSPS) is 10.3. The molecule has 4 rings (SSSR count). The standard InChI is InChI=1S/C24H38O4.C19H20O4.C16H22O4/c1-3-5-7-9-11-15-19-27-23(25)21-17-13-14-18-22(21)24(26)28-20-16-12-10-8-6-4-2;1-2-3-13-22-18(20)16-11-7-8-12-17(16)19(21)23-14-15-9-5-4-6-10-15;1-3-5-11-19-15(17)13-9-7-8-10-14(13)16(18)20-12-6-4-2/h13-14,17-18H,3-12,15-16,19-20H2,1-2H3;4-12H,2-3,13-14H2,1H3;7-10H,3-6,11-12H2,1-2H3. The van der Waals surface area contributed by atoms with Gasteiger partial charge in [0.2, 0.25) is 0 Å². The van der Waals surface area contributed by atoms with E-state index in [4.69, 9.17) is 28.4 Å². The first kappa shape index (κ1) is 60.8. The summed E-state index contributed by atoms with van der Waals surface area (Å²) in [6.45, 7) is 12.5. The van der Waals surface area contributed by atoms with Gasteiger partial charge in [0.15, 0.2) is 0 Å². The maximum Gasteiger partial charge on any atom is 0.339 e. The van der Waals surface area contributed by atoms with E-state index in [-0.39, 0.29) is 28.9 Å². The molecule has 71 heavy (non-hydrogen) atoms. The van der Waals surface area contributed by atoms with Crippen LogP contribution >= 0.6 is 0 Å². The van der Waals surface area contributed by atoms with E-state index in [2.05, 4.69) is 13.8 Å². The lowest BCUT2D eigenvalue weighted by atomic mass is 10.1. The molecule has 0 atom stereocenters. The Morgan fingerprint density at radius 1 is 0.268 bits per heavy atom. The van der Waals surface area contributed by atoms with Crippen LogP contribution in [0.3, 0.4) is 0 Å². The lowest BCUT2D eigenvalue weighted by Crippen LogP contribution is -2.15. The molecule has 4 aromatic rings. The van der Waals surface area contributed by atoms with Crippen molar-refractivity contribution in [3.8, 4) is 0 Å². The molecule has 12 nitrogen and oxygen atoms in total. The number of ether oxygens (including phenoxy) is 6. The van der Waals surface area contributed by atoms with Crippen LogP contribution in [0.25, 0.3) is 0 Å². The lowest BCUT2D eigenvalue weighted by molar-refractivity contribution is 0.0437. The number of unbranched alkanes of at least 4 members (excludes halogenated alkanes) is 13. The minimum Gasteiger partial charge on any atom is -0.462 e. The molecule has 0 radical (unpaired) electrons. The fourth-order valence-corrected chi connectivity index (χ4v) is 6.73. The molecule has 4 aromatic carbocycles. The Morgan fingerprint density at radius 3 is 0.775 bits per heavy atom. The lowest BCUT2D eigenvalue weighted by Gasteiger charge is -2.10. The van der Waals surface area contributed by atoms with E-state index >= 15 is 0 Å². The van der Waals surface area contributed by atoms with Crippen LogP contribution in [0, 0.1) is 0 Å². The highest BCUT2D eigenvalue weighted by atomic mass is 16.6. The van der Waals surface area contributed by atoms with Crippen molar-refractivity contribution in [1.82, 2.24) is 0 Å². The minimum absolute atomic E-state index is 0.166. The zero-order valence-electron chi connectivity index (χ0n) is 43.2. The van der Waals surface area contributed by atoms with Crippen molar-refractivity contribution in [1.29, 1.82) is 0 Å². The van der Waals surface area contributed by atoms with Crippen LogP contribution in [0.2, 0.25) is 0 Å². The van der Waals surface area contributed by atoms with Gasteiger partial charge in [0.05, 0.1) is 66.4 Å². The number of hydrogen-bond donors (Lipinski definition) is 0. The van der Waals surface area contributed by atoms with Crippen molar-refractivity contribution in [2.45, 2.75) is 157 Å². The van der Waals surface area contributed by atoms with Crippen molar-refractivity contribution in [3.63, 3.8) is 0 Å². The summed E-state index contributed by atoms with van der Waals surface area (Å²) in [6.07, 6.45) is 18.9. The van der Waals surface area contributed by atoms with Gasteiger partial charge in [0.1, 0.15) is 6.61 Å². The van der Waals surface area contributed by atoms with Gasteiger partial charge in [-0.1, -0.05) is 185 Å². The molecule has 0 bridgehead atoms. The predicted molar refractivity (Wildman–Crippen MR) is 278 cm³/mol. The zero-order chi connectivity index (χ0) is 51.7. The van der Waals surface area contributed by atoms with Crippen molar-refractivity contribution in [2.75, 3.05) is 33.0 Å². The molecule has 0 aliphatic carbocycles. The quantitative estimate of drug-likeness (QED) is 0.0267. The number of carbonyl (C=O) groups excluding carboxylic acids is 6. The Morgan fingerprint density at radius 2 is 0.493 bits per heavy atom. The largest absolute Gasteiger partial charge is 0.462 e. The second kappa shape index (κ2) is 39.4. The van der Waals surface area contributed by atoms with Crippen molar-refractivity contribution >= 4 is 35.8 Å². The van der Waals surface area contributed by atoms with E-state index in [1.807, 2.05) is 51.1 Å². The molecule has 388 valence electrons. The van der Waals surface area contributed by atoms with Gasteiger partial charge in [-0.3, -0.25) is 0 Å². The number of esters is 6. The molecule has 0 saturated carbocycles. The summed E-state index contributed by atoms with van der Waals surface area (Å²) in [7, 11) is 0. The third kappa shape index (κ3) is 25.9. The maximum atomic E-state index is 12.4. The SMILES string of the molecule is CCCCCCCCOC(=O)c1ccccc1C(=O)OCCCCCCCC.CCCCOC(=O)c1ccccc1C(=O)OCCCC.CCCCOC(=O)c1ccccc1C(=O)OCc1ccccc1. The second-order valence-electron chi connectivity index (χ2n) is 17.0. The zero-order valence-corrected chi connectivity index (χ0v) is 43.2. The van der Waals surface area contributed by atoms with Crippen LogP contribution in [0.4, 0.5) is 0 Å². The number of benzene rings is 4. The highest BCUT2D eigenvalue weighted by Crippen LogP contribution is 2.17. The van der Waals surface area contributed by atoms with Crippen LogP contribution in [0.15, 0.2) is 103 Å². The van der Waals surface area contributed by atoms with Crippen LogP contribution in [-0.4, -0.2) is 68.9 Å². The first-order valence-electron chi connectivity index (χ1n) is 26.0. The summed E-state index contributed by atoms with van der Waals surface area (Å²) in [5.74, 6) is -2.85. The van der Waals surface area contributed by atoms with Crippen LogP contribution in [0.1, 0.15) is 218 Å². The second-order valence-corrected chi connectivity index (χ2v) is 17.0. The van der Waals surface area contributed by atoms with Gasteiger partial charge in [-0.05, 0) is 74.1 Å². The maximum absolute atomic E-state index is 12.4. The Hall–Kier alpha value is -6.30. The molecule has 0 unspecified atom stereocenters. The Balaban J connectivity index is 0.000000370. The average Bonchev–Trinajstić information content (AvgIpc) is 3.40. The Kier molecular flexibility index (Phi) is 33.8. The number of hydrogen-bond acceptors (Lipinski definition) is 12. The van der Waals surface area contributed by atoms with Crippen LogP contribution < -0.4 is 0 Å². The van der Waals surface area contributed by atoms with Gasteiger partial charge in [-0.25, -0.2) is 28.8 Å². The molecular weight excluding hydrogens is 901 g/mol. The van der Waals surface area contributed by atoms with E-state index in [0.29, 0.717) is 44.2 Å². The van der Waals surface area contributed by atoms with E-state index in [0.717, 1.165) is 69.8 Å². The minimum atomic E-state index is -0.531. The monoisotopic (exact) mass is 981 g/mol. The highest BCUT2D eigenvalue weighted by molar-refractivity contribution is 6.04. The number of rotatable bonds is 31. The molecule has 12 heteroatoms. The molecule has 0 heterocycles. The van der Waals surface area contributed by atoms with Gasteiger partial charge < -0.3 is 28.4 Å². The van der Waals surface area contributed by atoms with Gasteiger partial charge in [-0.15, -0.1) is 0 Å². The Labute approximate surface area is 423 Å². The van der Waals surface area contributed by atoms with Gasteiger partial charge in [0.25, 0.3) is 0 Å². The molecule has 0 fully saturated rings. The van der Waals surface area contributed by atoms with E-state index < -0.39 is 35.8 Å². The van der Waals surface area contributed by atoms with Crippen molar-refractivity contribution < 1.29 is 57.2 Å². The first-order chi connectivity index (χ1) is 34.6. The third-order valence-corrected chi connectivity index (χ3v) is 11.0. The summed E-state index contributed by atoms with van der Waals surface area (Å²) < 4.78 is 31.5. The number of carbonyl (C=O) groups is 6. The van der Waals surface area contributed by atoms with E-state index in [1.54, 1.807) is 72.8 Å². The van der Waals surface area contributed by atoms with Crippen LogP contribution in [-0.2, 0) is 35.0 Å². The van der Waals surface area contributed by atoms with Crippen LogP contribution in [0.5, 0.6) is 0 Å². The molecule has 0 spiro atoms. The summed E-state index contributed by atoms with van der Waals surface area (Å²) >= 11 is 0.